The summed E-state index contributed by atoms with van der Waals surface area (Å²) in [6, 6.07) is 6.34. The highest BCUT2D eigenvalue weighted by Gasteiger charge is 2.27. The van der Waals surface area contributed by atoms with Crippen molar-refractivity contribution in [3.63, 3.8) is 0 Å². The second-order valence-electron chi connectivity index (χ2n) is 4.35. The molecule has 1 heterocycles. The number of aromatic hydroxyl groups is 1. The lowest BCUT2D eigenvalue weighted by molar-refractivity contribution is 0.0686. The molecule has 0 radical (unpaired) electrons. The Balaban J connectivity index is 2.27. The molecule has 1 amide bonds. The molecule has 0 aliphatic carbocycles. The van der Waals surface area contributed by atoms with Crippen LogP contribution in [-0.4, -0.2) is 41.6 Å². The van der Waals surface area contributed by atoms with Crippen LogP contribution in [0, 0.1) is 18.3 Å². The number of nitriles is 1. The van der Waals surface area contributed by atoms with Crippen LogP contribution in [0.5, 0.6) is 5.75 Å². The molecular weight excluding hydrogens is 230 g/mol. The third-order valence-corrected chi connectivity index (χ3v) is 3.09. The van der Waals surface area contributed by atoms with E-state index in [1.807, 2.05) is 0 Å². The fourth-order valence-electron chi connectivity index (χ4n) is 2.11. The molecule has 0 aromatic heterocycles. The van der Waals surface area contributed by atoms with E-state index in [4.69, 9.17) is 5.26 Å². The Hall–Kier alpha value is -2.06. The van der Waals surface area contributed by atoms with Crippen LogP contribution < -0.4 is 5.32 Å². The zero-order chi connectivity index (χ0) is 13.1. The SMILES string of the molecule is Cc1cc(O)ccc1C(=O)N1CCNCC1C#N. The van der Waals surface area contributed by atoms with Crippen molar-refractivity contribution in [1.29, 1.82) is 5.26 Å². The molecule has 1 fully saturated rings. The molecule has 1 saturated heterocycles. The van der Waals surface area contributed by atoms with Crippen molar-refractivity contribution in [2.75, 3.05) is 19.6 Å². The van der Waals surface area contributed by atoms with Crippen molar-refractivity contribution in [3.8, 4) is 11.8 Å². The summed E-state index contributed by atoms with van der Waals surface area (Å²) in [7, 11) is 0. The second kappa shape index (κ2) is 5.07. The number of carbonyl (C=O) groups excluding carboxylic acids is 1. The summed E-state index contributed by atoms with van der Waals surface area (Å²) in [5, 5.41) is 21.5. The van der Waals surface area contributed by atoms with Crippen molar-refractivity contribution in [3.05, 3.63) is 29.3 Å². The van der Waals surface area contributed by atoms with Gasteiger partial charge in [0.15, 0.2) is 0 Å². The maximum Gasteiger partial charge on any atom is 0.255 e. The predicted octanol–water partition coefficient (Wildman–Crippen LogP) is 0.638. The van der Waals surface area contributed by atoms with Gasteiger partial charge in [0, 0.05) is 25.2 Å². The maximum absolute atomic E-state index is 12.4. The molecule has 5 heteroatoms. The normalized spacial score (nSPS) is 19.3. The number of rotatable bonds is 1. The van der Waals surface area contributed by atoms with Crippen LogP contribution in [0.3, 0.4) is 0 Å². The number of nitrogens with zero attached hydrogens (tertiary/aromatic N) is 2. The van der Waals surface area contributed by atoms with Gasteiger partial charge < -0.3 is 15.3 Å². The van der Waals surface area contributed by atoms with Crippen molar-refractivity contribution >= 4 is 5.91 Å². The molecule has 2 rings (SSSR count). The van der Waals surface area contributed by atoms with E-state index in [0.29, 0.717) is 25.2 Å². The third-order valence-electron chi connectivity index (χ3n) is 3.09. The van der Waals surface area contributed by atoms with Gasteiger partial charge in [-0.3, -0.25) is 4.79 Å². The lowest BCUT2D eigenvalue weighted by Gasteiger charge is -2.32. The van der Waals surface area contributed by atoms with Gasteiger partial charge in [-0.25, -0.2) is 0 Å². The Morgan fingerprint density at radius 2 is 2.39 bits per heavy atom. The second-order valence-corrected chi connectivity index (χ2v) is 4.35. The number of aryl methyl sites for hydroxylation is 1. The average Bonchev–Trinajstić information content (AvgIpc) is 2.38. The van der Waals surface area contributed by atoms with Gasteiger partial charge in [-0.15, -0.1) is 0 Å². The zero-order valence-corrected chi connectivity index (χ0v) is 10.2. The fourth-order valence-corrected chi connectivity index (χ4v) is 2.11. The van der Waals surface area contributed by atoms with E-state index in [0.717, 1.165) is 5.56 Å². The van der Waals surface area contributed by atoms with Gasteiger partial charge in [-0.2, -0.15) is 5.26 Å². The van der Waals surface area contributed by atoms with Crippen molar-refractivity contribution < 1.29 is 9.90 Å². The van der Waals surface area contributed by atoms with E-state index < -0.39 is 6.04 Å². The molecule has 1 atom stereocenters. The van der Waals surface area contributed by atoms with Crippen LogP contribution in [-0.2, 0) is 0 Å². The number of phenolic OH excluding ortho intramolecular Hbond substituents is 1. The molecule has 94 valence electrons. The molecule has 0 spiro atoms. The number of nitrogens with one attached hydrogen (secondary N) is 1. The van der Waals surface area contributed by atoms with Crippen LogP contribution in [0.4, 0.5) is 0 Å². The highest BCUT2D eigenvalue weighted by molar-refractivity contribution is 5.96. The number of benzene rings is 1. The predicted molar refractivity (Wildman–Crippen MR) is 66.2 cm³/mol. The molecule has 0 bridgehead atoms. The molecule has 1 aromatic rings. The minimum atomic E-state index is -0.431. The zero-order valence-electron chi connectivity index (χ0n) is 10.2. The van der Waals surface area contributed by atoms with Gasteiger partial charge in [-0.05, 0) is 30.7 Å². The monoisotopic (exact) mass is 245 g/mol. The molecule has 2 N–H and O–H groups in total. The first-order valence-electron chi connectivity index (χ1n) is 5.84. The average molecular weight is 245 g/mol. The Kier molecular flexibility index (Phi) is 3.49. The third kappa shape index (κ3) is 2.29. The van der Waals surface area contributed by atoms with Gasteiger partial charge in [0.1, 0.15) is 11.8 Å². The van der Waals surface area contributed by atoms with Crippen LogP contribution in [0.1, 0.15) is 15.9 Å². The van der Waals surface area contributed by atoms with Gasteiger partial charge in [-0.1, -0.05) is 0 Å². The molecule has 0 saturated carbocycles. The van der Waals surface area contributed by atoms with Gasteiger partial charge in [0.2, 0.25) is 0 Å². The summed E-state index contributed by atoms with van der Waals surface area (Å²) in [5.74, 6) is -0.0123. The highest BCUT2D eigenvalue weighted by Crippen LogP contribution is 2.18. The first-order valence-corrected chi connectivity index (χ1v) is 5.84. The standard InChI is InChI=1S/C13H15N3O2/c1-9-6-11(17)2-3-12(9)13(18)16-5-4-15-8-10(16)7-14/h2-3,6,10,15,17H,4-5,8H2,1H3. The van der Waals surface area contributed by atoms with Crippen LogP contribution in [0.15, 0.2) is 18.2 Å². The molecule has 1 aliphatic rings. The van der Waals surface area contributed by atoms with Gasteiger partial charge in [0.05, 0.1) is 6.07 Å². The Bertz CT molecular complexity index is 507. The van der Waals surface area contributed by atoms with E-state index in [1.165, 1.54) is 6.07 Å². The summed E-state index contributed by atoms with van der Waals surface area (Å²) >= 11 is 0. The smallest absolute Gasteiger partial charge is 0.255 e. The number of phenols is 1. The van der Waals surface area contributed by atoms with E-state index in [1.54, 1.807) is 24.0 Å². The molecule has 1 aliphatic heterocycles. The van der Waals surface area contributed by atoms with E-state index in [-0.39, 0.29) is 11.7 Å². The number of amides is 1. The quantitative estimate of drug-likeness (QED) is 0.761. The Labute approximate surface area is 106 Å². The topological polar surface area (TPSA) is 76.4 Å². The van der Waals surface area contributed by atoms with Crippen LogP contribution >= 0.6 is 0 Å². The van der Waals surface area contributed by atoms with Crippen molar-refractivity contribution in [1.82, 2.24) is 10.2 Å². The van der Waals surface area contributed by atoms with E-state index in [2.05, 4.69) is 11.4 Å². The largest absolute Gasteiger partial charge is 0.508 e. The lowest BCUT2D eigenvalue weighted by Crippen LogP contribution is -2.53. The van der Waals surface area contributed by atoms with E-state index >= 15 is 0 Å². The maximum atomic E-state index is 12.4. The Morgan fingerprint density at radius 1 is 1.61 bits per heavy atom. The fraction of sp³-hybridized carbons (Fsp3) is 0.385. The number of hydrogen-bond acceptors (Lipinski definition) is 4. The molecular formula is C13H15N3O2. The number of carbonyl (C=O) groups is 1. The van der Waals surface area contributed by atoms with Gasteiger partial charge >= 0.3 is 0 Å². The van der Waals surface area contributed by atoms with Crippen LogP contribution in [0.25, 0.3) is 0 Å². The summed E-state index contributed by atoms with van der Waals surface area (Å²) < 4.78 is 0. The first kappa shape index (κ1) is 12.4. The number of hydrogen-bond donors (Lipinski definition) is 2. The molecule has 1 aromatic carbocycles. The summed E-state index contributed by atoms with van der Waals surface area (Å²) in [5.41, 5.74) is 1.25. The highest BCUT2D eigenvalue weighted by atomic mass is 16.3. The molecule has 5 nitrogen and oxygen atoms in total. The minimum absolute atomic E-state index is 0.140. The van der Waals surface area contributed by atoms with Crippen molar-refractivity contribution in [2.45, 2.75) is 13.0 Å². The minimum Gasteiger partial charge on any atom is -0.508 e. The molecule has 18 heavy (non-hydrogen) atoms. The number of piperazine rings is 1. The Morgan fingerprint density at radius 3 is 3.06 bits per heavy atom. The first-order chi connectivity index (χ1) is 8.63. The summed E-state index contributed by atoms with van der Waals surface area (Å²) in [4.78, 5) is 13.9. The van der Waals surface area contributed by atoms with Crippen molar-refractivity contribution in [2.24, 2.45) is 0 Å². The van der Waals surface area contributed by atoms with Gasteiger partial charge in [0.25, 0.3) is 5.91 Å². The lowest BCUT2D eigenvalue weighted by atomic mass is 10.1. The van der Waals surface area contributed by atoms with Crippen LogP contribution in [0.2, 0.25) is 0 Å². The molecule has 1 unspecified atom stereocenters. The summed E-state index contributed by atoms with van der Waals surface area (Å²) in [6.07, 6.45) is 0. The van der Waals surface area contributed by atoms with E-state index in [9.17, 15) is 9.90 Å². The summed E-state index contributed by atoms with van der Waals surface area (Å²) in [6.45, 7) is 3.49.